The molecule has 0 unspecified atom stereocenters. The highest BCUT2D eigenvalue weighted by atomic mass is 32.2. The molecule has 0 spiro atoms. The number of fused-ring (bicyclic) bond motifs is 1. The number of anilines is 2. The highest BCUT2D eigenvalue weighted by molar-refractivity contribution is 7.92. The third-order valence-corrected chi connectivity index (χ3v) is 7.08. The number of amides is 1. The second kappa shape index (κ2) is 9.03. The predicted octanol–water partition coefficient (Wildman–Crippen LogP) is 3.61. The molecule has 0 bridgehead atoms. The summed E-state index contributed by atoms with van der Waals surface area (Å²) in [6.45, 7) is 1.68. The number of rotatable bonds is 6. The molecular weight excluding hydrogens is 444 g/mol. The number of sulfonamides is 1. The molecule has 33 heavy (non-hydrogen) atoms. The van der Waals surface area contributed by atoms with Crippen molar-refractivity contribution in [3.8, 4) is 17.2 Å². The fraction of sp³-hybridized carbons (Fsp3) is 0.208. The van der Waals surface area contributed by atoms with Gasteiger partial charge in [0.15, 0.2) is 6.10 Å². The molecule has 172 valence electrons. The van der Waals surface area contributed by atoms with Crippen molar-refractivity contribution in [3.63, 3.8) is 0 Å². The van der Waals surface area contributed by atoms with Gasteiger partial charge in [-0.25, -0.2) is 8.42 Å². The Balaban J connectivity index is 1.69. The van der Waals surface area contributed by atoms with Gasteiger partial charge in [-0.15, -0.1) is 0 Å². The second-order valence-corrected chi connectivity index (χ2v) is 9.34. The molecule has 3 aromatic rings. The molecule has 9 heteroatoms. The highest BCUT2D eigenvalue weighted by Gasteiger charge is 2.38. The minimum Gasteiger partial charge on any atom is -0.497 e. The number of methoxy groups -OCH3 is 2. The van der Waals surface area contributed by atoms with Crippen molar-refractivity contribution >= 4 is 27.3 Å². The van der Waals surface area contributed by atoms with Gasteiger partial charge in [-0.05, 0) is 61.0 Å². The lowest BCUT2D eigenvalue weighted by molar-refractivity contribution is -0.122. The Bertz CT molecular complexity index is 1270. The number of nitrogens with one attached hydrogen (secondary N) is 1. The van der Waals surface area contributed by atoms with Crippen LogP contribution in [0.2, 0.25) is 0 Å². The van der Waals surface area contributed by atoms with E-state index >= 15 is 0 Å². The van der Waals surface area contributed by atoms with Crippen molar-refractivity contribution in [3.05, 3.63) is 72.3 Å². The smallest absolute Gasteiger partial charge is 0.267 e. The Morgan fingerprint density at radius 1 is 1.03 bits per heavy atom. The molecule has 3 aromatic carbocycles. The van der Waals surface area contributed by atoms with Crippen LogP contribution < -0.4 is 23.8 Å². The van der Waals surface area contributed by atoms with Crippen LogP contribution >= 0.6 is 0 Å². The monoisotopic (exact) mass is 468 g/mol. The summed E-state index contributed by atoms with van der Waals surface area (Å²) in [4.78, 5) is 13.2. The molecule has 0 saturated heterocycles. The zero-order valence-electron chi connectivity index (χ0n) is 18.4. The maximum absolute atomic E-state index is 13.5. The lowest BCUT2D eigenvalue weighted by Crippen LogP contribution is -2.48. The molecule has 1 amide bonds. The Kier molecular flexibility index (Phi) is 6.15. The summed E-state index contributed by atoms with van der Waals surface area (Å²) in [6, 6.07) is 18.3. The molecule has 0 radical (unpaired) electrons. The molecule has 1 N–H and O–H groups in total. The Morgan fingerprint density at radius 3 is 2.45 bits per heavy atom. The summed E-state index contributed by atoms with van der Waals surface area (Å²) >= 11 is 0. The van der Waals surface area contributed by atoms with Gasteiger partial charge in [0.2, 0.25) is 0 Å². The van der Waals surface area contributed by atoms with Gasteiger partial charge >= 0.3 is 0 Å². The summed E-state index contributed by atoms with van der Waals surface area (Å²) < 4.78 is 44.6. The van der Waals surface area contributed by atoms with Gasteiger partial charge < -0.3 is 19.5 Å². The zero-order valence-corrected chi connectivity index (χ0v) is 19.3. The average Bonchev–Trinajstić information content (AvgIpc) is 2.83. The highest BCUT2D eigenvalue weighted by Crippen LogP contribution is 2.38. The van der Waals surface area contributed by atoms with Gasteiger partial charge in [-0.2, -0.15) is 0 Å². The molecule has 1 heterocycles. The van der Waals surface area contributed by atoms with Gasteiger partial charge in [0, 0.05) is 0 Å². The lowest BCUT2D eigenvalue weighted by atomic mass is 10.1. The van der Waals surface area contributed by atoms with E-state index < -0.39 is 22.0 Å². The minimum absolute atomic E-state index is 0.0839. The summed E-state index contributed by atoms with van der Waals surface area (Å²) in [5.41, 5.74) is 1.72. The quantitative estimate of drug-likeness (QED) is 0.594. The largest absolute Gasteiger partial charge is 0.497 e. The average molecular weight is 469 g/mol. The van der Waals surface area contributed by atoms with E-state index in [9.17, 15) is 13.2 Å². The van der Waals surface area contributed by atoms with Crippen LogP contribution in [-0.4, -0.2) is 41.2 Å². The molecule has 0 aromatic heterocycles. The van der Waals surface area contributed by atoms with Crippen LogP contribution in [0.15, 0.2) is 71.6 Å². The van der Waals surface area contributed by atoms with Crippen molar-refractivity contribution in [2.75, 3.05) is 30.4 Å². The van der Waals surface area contributed by atoms with Crippen LogP contribution in [-0.2, 0) is 14.8 Å². The molecule has 0 fully saturated rings. The standard InChI is InChI=1S/C24H24N2O6S/c1-16-8-13-20-22(14-16)32-23(24(27)25-19-6-4-5-7-21(19)31-3)15-26(20)33(28,29)18-11-9-17(30-2)10-12-18/h4-14,23H,15H2,1-3H3,(H,25,27)/t23-/m0/s1. The van der Waals surface area contributed by atoms with Gasteiger partial charge in [-0.3, -0.25) is 9.10 Å². The van der Waals surface area contributed by atoms with E-state index in [1.165, 1.54) is 30.7 Å². The first kappa shape index (κ1) is 22.5. The number of carbonyl (C=O) groups is 1. The molecule has 0 saturated carbocycles. The number of carbonyl (C=O) groups excluding carboxylic acids is 1. The van der Waals surface area contributed by atoms with Crippen LogP contribution in [0.25, 0.3) is 0 Å². The van der Waals surface area contributed by atoms with Crippen molar-refractivity contribution in [2.24, 2.45) is 0 Å². The predicted molar refractivity (Wildman–Crippen MR) is 125 cm³/mol. The molecule has 8 nitrogen and oxygen atoms in total. The van der Waals surface area contributed by atoms with Gasteiger partial charge in [0.05, 0.1) is 37.0 Å². The number of hydrogen-bond acceptors (Lipinski definition) is 6. The third kappa shape index (κ3) is 4.45. The molecule has 1 aliphatic heterocycles. The number of para-hydroxylation sites is 2. The van der Waals surface area contributed by atoms with E-state index in [4.69, 9.17) is 14.2 Å². The fourth-order valence-electron chi connectivity index (χ4n) is 3.56. The molecule has 4 rings (SSSR count). The number of ether oxygens (including phenoxy) is 3. The molecular formula is C24H24N2O6S. The number of benzene rings is 3. The summed E-state index contributed by atoms with van der Waals surface area (Å²) in [7, 11) is -0.959. The lowest BCUT2D eigenvalue weighted by Gasteiger charge is -2.35. The third-order valence-electron chi connectivity index (χ3n) is 5.29. The van der Waals surface area contributed by atoms with Crippen molar-refractivity contribution in [1.29, 1.82) is 0 Å². The van der Waals surface area contributed by atoms with Crippen LogP contribution in [0, 0.1) is 6.92 Å². The number of hydrogen-bond donors (Lipinski definition) is 1. The Morgan fingerprint density at radius 2 is 1.76 bits per heavy atom. The van der Waals surface area contributed by atoms with Crippen LogP contribution in [0.3, 0.4) is 0 Å². The van der Waals surface area contributed by atoms with E-state index in [0.717, 1.165) is 5.56 Å². The first-order chi connectivity index (χ1) is 15.8. The second-order valence-electron chi connectivity index (χ2n) is 7.48. The van der Waals surface area contributed by atoms with Crippen LogP contribution in [0.4, 0.5) is 11.4 Å². The molecule has 1 atom stereocenters. The number of aryl methyl sites for hydroxylation is 1. The first-order valence-electron chi connectivity index (χ1n) is 10.2. The number of nitrogens with zero attached hydrogens (tertiary/aromatic N) is 1. The zero-order chi connectivity index (χ0) is 23.6. The topological polar surface area (TPSA) is 94.2 Å². The maximum Gasteiger partial charge on any atom is 0.267 e. The van der Waals surface area contributed by atoms with Gasteiger partial charge in [-0.1, -0.05) is 18.2 Å². The van der Waals surface area contributed by atoms with Crippen molar-refractivity contribution < 1.29 is 27.4 Å². The van der Waals surface area contributed by atoms with E-state index in [-0.39, 0.29) is 11.4 Å². The van der Waals surface area contributed by atoms with E-state index in [1.807, 2.05) is 6.92 Å². The summed E-state index contributed by atoms with van der Waals surface area (Å²) in [5.74, 6) is 0.863. The van der Waals surface area contributed by atoms with Crippen LogP contribution in [0.1, 0.15) is 5.56 Å². The van der Waals surface area contributed by atoms with E-state index in [1.54, 1.807) is 54.6 Å². The Hall–Kier alpha value is -3.72. The normalized spacial score (nSPS) is 15.2. The van der Waals surface area contributed by atoms with Gasteiger partial charge in [0.1, 0.15) is 17.2 Å². The summed E-state index contributed by atoms with van der Waals surface area (Å²) in [5, 5.41) is 2.78. The fourth-order valence-corrected chi connectivity index (χ4v) is 5.04. The minimum atomic E-state index is -3.97. The van der Waals surface area contributed by atoms with Crippen molar-refractivity contribution in [2.45, 2.75) is 17.9 Å². The maximum atomic E-state index is 13.5. The van der Waals surface area contributed by atoms with Crippen molar-refractivity contribution in [1.82, 2.24) is 0 Å². The summed E-state index contributed by atoms with van der Waals surface area (Å²) in [6.07, 6.45) is -1.07. The van der Waals surface area contributed by atoms with Gasteiger partial charge in [0.25, 0.3) is 15.9 Å². The van der Waals surface area contributed by atoms with Crippen LogP contribution in [0.5, 0.6) is 17.2 Å². The van der Waals surface area contributed by atoms with E-state index in [2.05, 4.69) is 5.32 Å². The van der Waals surface area contributed by atoms with E-state index in [0.29, 0.717) is 28.6 Å². The SMILES string of the molecule is COc1ccc(S(=O)(=O)N2C[C@@H](C(=O)Nc3ccccc3OC)Oc3cc(C)ccc32)cc1. The Labute approximate surface area is 192 Å². The molecule has 0 aliphatic carbocycles. The molecule has 1 aliphatic rings. The first-order valence-corrected chi connectivity index (χ1v) is 11.7.